The Morgan fingerprint density at radius 1 is 0.848 bits per heavy atom. The van der Waals surface area contributed by atoms with Crippen LogP contribution >= 0.6 is 0 Å². The van der Waals surface area contributed by atoms with E-state index in [4.69, 9.17) is 9.47 Å². The predicted octanol–water partition coefficient (Wildman–Crippen LogP) is 3.29. The van der Waals surface area contributed by atoms with E-state index < -0.39 is 10.0 Å². The molecule has 0 radical (unpaired) electrons. The normalized spacial score (nSPS) is 14.8. The molecule has 1 saturated heterocycles. The molecule has 0 unspecified atom stereocenters. The van der Waals surface area contributed by atoms with Gasteiger partial charge < -0.3 is 14.4 Å². The molecule has 0 atom stereocenters. The summed E-state index contributed by atoms with van der Waals surface area (Å²) in [5.74, 6) is 2.10. The zero-order chi connectivity index (χ0) is 23.6. The summed E-state index contributed by atoms with van der Waals surface area (Å²) in [5.41, 5.74) is 3.28. The van der Waals surface area contributed by atoms with Gasteiger partial charge in [-0.15, -0.1) is 10.2 Å². The summed E-state index contributed by atoms with van der Waals surface area (Å²) in [5, 5.41) is 8.77. The molecule has 3 aromatic rings. The molecule has 0 saturated carbocycles. The number of nitrogens with zero attached hydrogens (tertiary/aromatic N) is 4. The van der Waals surface area contributed by atoms with Gasteiger partial charge in [0.2, 0.25) is 10.0 Å². The smallest absolute Gasteiger partial charge is 0.243 e. The first-order valence-electron chi connectivity index (χ1n) is 10.7. The number of ether oxygens (including phenoxy) is 2. The van der Waals surface area contributed by atoms with Gasteiger partial charge in [0.05, 0.1) is 24.8 Å². The maximum absolute atomic E-state index is 13.1. The highest BCUT2D eigenvalue weighted by Crippen LogP contribution is 2.32. The lowest BCUT2D eigenvalue weighted by Crippen LogP contribution is -2.49. The summed E-state index contributed by atoms with van der Waals surface area (Å²) in [6.45, 7) is 5.66. The monoisotopic (exact) mass is 468 g/mol. The average Bonchev–Trinajstić information content (AvgIpc) is 2.83. The minimum atomic E-state index is -3.53. The summed E-state index contributed by atoms with van der Waals surface area (Å²) in [6, 6.07) is 14.7. The first-order chi connectivity index (χ1) is 15.8. The van der Waals surface area contributed by atoms with E-state index in [9.17, 15) is 8.42 Å². The van der Waals surface area contributed by atoms with Gasteiger partial charge in [-0.1, -0.05) is 17.7 Å². The number of sulfonamides is 1. The number of hydrogen-bond acceptors (Lipinski definition) is 7. The lowest BCUT2D eigenvalue weighted by molar-refractivity contribution is 0.383. The Kier molecular flexibility index (Phi) is 6.53. The second-order valence-electron chi connectivity index (χ2n) is 8.00. The van der Waals surface area contributed by atoms with Gasteiger partial charge in [0.15, 0.2) is 5.82 Å². The van der Waals surface area contributed by atoms with Crippen LogP contribution in [-0.4, -0.2) is 63.3 Å². The lowest BCUT2D eigenvalue weighted by atomic mass is 10.1. The predicted molar refractivity (Wildman–Crippen MR) is 127 cm³/mol. The third-order valence-electron chi connectivity index (χ3n) is 5.84. The molecule has 1 aromatic heterocycles. The second-order valence-corrected chi connectivity index (χ2v) is 9.91. The van der Waals surface area contributed by atoms with Crippen LogP contribution in [0.2, 0.25) is 0 Å². The van der Waals surface area contributed by atoms with E-state index in [0.29, 0.717) is 54.1 Å². The van der Waals surface area contributed by atoms with Gasteiger partial charge >= 0.3 is 0 Å². The first-order valence-corrected chi connectivity index (χ1v) is 12.2. The molecule has 1 fully saturated rings. The number of piperazine rings is 1. The van der Waals surface area contributed by atoms with E-state index in [1.807, 2.05) is 61.2 Å². The largest absolute Gasteiger partial charge is 0.497 e. The Bertz CT molecular complexity index is 1240. The molecule has 0 spiro atoms. The van der Waals surface area contributed by atoms with Crippen LogP contribution in [0, 0.1) is 13.8 Å². The Labute approximate surface area is 194 Å². The van der Waals surface area contributed by atoms with E-state index >= 15 is 0 Å². The van der Waals surface area contributed by atoms with Crippen LogP contribution in [0.5, 0.6) is 11.5 Å². The van der Waals surface area contributed by atoms with Crippen LogP contribution in [-0.2, 0) is 10.0 Å². The van der Waals surface area contributed by atoms with Crippen molar-refractivity contribution in [3.8, 4) is 22.8 Å². The maximum Gasteiger partial charge on any atom is 0.243 e. The zero-order valence-electron chi connectivity index (χ0n) is 19.3. The average molecular weight is 469 g/mol. The van der Waals surface area contributed by atoms with Crippen LogP contribution < -0.4 is 14.4 Å². The molecule has 0 aliphatic carbocycles. The van der Waals surface area contributed by atoms with Crippen molar-refractivity contribution in [3.63, 3.8) is 0 Å². The van der Waals surface area contributed by atoms with Gasteiger partial charge in [-0.05, 0) is 55.8 Å². The number of aryl methyl sites for hydroxylation is 2. The van der Waals surface area contributed by atoms with E-state index in [2.05, 4.69) is 10.2 Å². The van der Waals surface area contributed by atoms with Gasteiger partial charge in [-0.3, -0.25) is 0 Å². The second kappa shape index (κ2) is 9.36. The molecular weight excluding hydrogens is 440 g/mol. The van der Waals surface area contributed by atoms with E-state index in [1.54, 1.807) is 24.6 Å². The molecule has 1 aliphatic heterocycles. The fourth-order valence-electron chi connectivity index (χ4n) is 4.04. The number of anilines is 1. The van der Waals surface area contributed by atoms with Gasteiger partial charge in [-0.2, -0.15) is 4.31 Å². The fourth-order valence-corrected chi connectivity index (χ4v) is 5.67. The molecule has 2 aromatic carbocycles. The molecule has 9 heteroatoms. The third kappa shape index (κ3) is 4.65. The van der Waals surface area contributed by atoms with E-state index in [1.165, 1.54) is 0 Å². The number of hydrogen-bond donors (Lipinski definition) is 0. The fraction of sp³-hybridized carbons (Fsp3) is 0.333. The molecule has 174 valence electrons. The van der Waals surface area contributed by atoms with Crippen molar-refractivity contribution < 1.29 is 17.9 Å². The van der Waals surface area contributed by atoms with Crippen molar-refractivity contribution in [2.45, 2.75) is 18.7 Å². The first kappa shape index (κ1) is 23.0. The van der Waals surface area contributed by atoms with Crippen LogP contribution in [0.25, 0.3) is 11.3 Å². The van der Waals surface area contributed by atoms with Gasteiger partial charge in [0.1, 0.15) is 11.5 Å². The summed E-state index contributed by atoms with van der Waals surface area (Å²) in [7, 11) is -0.306. The number of benzene rings is 2. The Morgan fingerprint density at radius 2 is 1.61 bits per heavy atom. The van der Waals surface area contributed by atoms with Crippen molar-refractivity contribution >= 4 is 15.8 Å². The quantitative estimate of drug-likeness (QED) is 0.549. The molecule has 33 heavy (non-hydrogen) atoms. The van der Waals surface area contributed by atoms with Crippen LogP contribution in [0.3, 0.4) is 0 Å². The summed E-state index contributed by atoms with van der Waals surface area (Å²) >= 11 is 0. The van der Waals surface area contributed by atoms with Crippen molar-refractivity contribution in [3.05, 3.63) is 59.7 Å². The molecule has 0 bridgehead atoms. The minimum Gasteiger partial charge on any atom is -0.497 e. The Hall–Kier alpha value is -3.17. The SMILES string of the molecule is COc1ccc(OC)c(-c2ccc(N3CCN(S(=O)(=O)c4ccc(C)cc4C)CC3)nn2)c1. The summed E-state index contributed by atoms with van der Waals surface area (Å²) < 4.78 is 38.6. The molecular formula is C24H28N4O4S. The molecule has 1 aliphatic rings. The Morgan fingerprint density at radius 3 is 2.21 bits per heavy atom. The minimum absolute atomic E-state index is 0.373. The Balaban J connectivity index is 1.48. The standard InChI is InChI=1S/C24H28N4O4S/c1-17-5-9-23(18(2)15-17)33(29,30)28-13-11-27(12-14-28)24-10-7-21(25-26-24)20-16-19(31-3)6-8-22(20)32-4/h5-10,15-16H,11-14H2,1-4H3. The van der Waals surface area contributed by atoms with Crippen LogP contribution in [0.1, 0.15) is 11.1 Å². The maximum atomic E-state index is 13.1. The number of rotatable bonds is 6. The third-order valence-corrected chi connectivity index (χ3v) is 7.90. The zero-order valence-corrected chi connectivity index (χ0v) is 20.1. The van der Waals surface area contributed by atoms with Gasteiger partial charge in [0.25, 0.3) is 0 Å². The van der Waals surface area contributed by atoms with Crippen molar-refractivity contribution in [1.29, 1.82) is 0 Å². The lowest BCUT2D eigenvalue weighted by Gasteiger charge is -2.34. The van der Waals surface area contributed by atoms with Crippen LogP contribution in [0.4, 0.5) is 5.82 Å². The van der Waals surface area contributed by atoms with Gasteiger partial charge in [0, 0.05) is 31.7 Å². The van der Waals surface area contributed by atoms with Crippen molar-refractivity contribution in [2.75, 3.05) is 45.3 Å². The van der Waals surface area contributed by atoms with Crippen molar-refractivity contribution in [2.24, 2.45) is 0 Å². The highest BCUT2D eigenvalue weighted by molar-refractivity contribution is 7.89. The molecule has 0 amide bonds. The highest BCUT2D eigenvalue weighted by Gasteiger charge is 2.30. The molecule has 8 nitrogen and oxygen atoms in total. The molecule has 4 rings (SSSR count). The summed E-state index contributed by atoms with van der Waals surface area (Å²) in [4.78, 5) is 2.42. The topological polar surface area (TPSA) is 84.9 Å². The number of aromatic nitrogens is 2. The summed E-state index contributed by atoms with van der Waals surface area (Å²) in [6.07, 6.45) is 0. The van der Waals surface area contributed by atoms with Crippen LogP contribution in [0.15, 0.2) is 53.4 Å². The molecule has 0 N–H and O–H groups in total. The van der Waals surface area contributed by atoms with E-state index in [0.717, 1.165) is 16.7 Å². The highest BCUT2D eigenvalue weighted by atomic mass is 32.2. The van der Waals surface area contributed by atoms with E-state index in [-0.39, 0.29) is 0 Å². The van der Waals surface area contributed by atoms with Gasteiger partial charge in [-0.25, -0.2) is 8.42 Å². The number of methoxy groups -OCH3 is 2. The molecule has 2 heterocycles. The van der Waals surface area contributed by atoms with Crippen molar-refractivity contribution in [1.82, 2.24) is 14.5 Å².